The van der Waals surface area contributed by atoms with E-state index >= 15 is 0 Å². The Hall–Kier alpha value is -0.570. The van der Waals surface area contributed by atoms with Crippen LogP contribution in [0.25, 0.3) is 0 Å². The van der Waals surface area contributed by atoms with Crippen molar-refractivity contribution in [1.82, 2.24) is 5.32 Å². The van der Waals surface area contributed by atoms with Gasteiger partial charge in [-0.1, -0.05) is 36.1 Å². The zero-order chi connectivity index (χ0) is 15.1. The van der Waals surface area contributed by atoms with Gasteiger partial charge in [-0.05, 0) is 31.5 Å². The molecule has 0 aliphatic heterocycles. The third-order valence-electron chi connectivity index (χ3n) is 3.18. The standard InChI is InChI=1S/C13H16ClNO.ClH/c1-15-13(9-5-4-8-12(13)16)10-6-2-3-7-11(10)14;/h2-3,6-7,15H,4-5,8-9H2,1H3;1H/i2D,3D,6D,7D;. The fraction of sp³-hybridized carbons (Fsp3) is 0.462. The van der Waals surface area contributed by atoms with Crippen molar-refractivity contribution < 1.29 is 10.3 Å². The molecule has 1 aromatic rings. The number of halogens is 2. The van der Waals surface area contributed by atoms with E-state index in [-0.39, 0.29) is 52.9 Å². The molecule has 0 bridgehead atoms. The quantitative estimate of drug-likeness (QED) is 0.899. The van der Waals surface area contributed by atoms with Gasteiger partial charge in [0.1, 0.15) is 5.54 Å². The average Bonchev–Trinajstić information content (AvgIpc) is 2.45. The average molecular weight is 278 g/mol. The third kappa shape index (κ3) is 2.49. The minimum absolute atomic E-state index is 0. The van der Waals surface area contributed by atoms with Crippen LogP contribution in [0.4, 0.5) is 0 Å². The highest BCUT2D eigenvalue weighted by Gasteiger charge is 2.40. The normalized spacial score (nSPS) is 27.5. The van der Waals surface area contributed by atoms with E-state index in [0.29, 0.717) is 12.8 Å². The highest BCUT2D eigenvalue weighted by molar-refractivity contribution is 6.31. The number of hydrogen-bond acceptors (Lipinski definition) is 2. The molecule has 1 fully saturated rings. The SMILES string of the molecule is Cl.[2H]c1c([2H])c([2H])c(C2(NC)CCCCC2=O)c(Cl)c1[2H]. The Bertz CT molecular complexity index is 553. The molecule has 1 N–H and O–H groups in total. The van der Waals surface area contributed by atoms with Gasteiger partial charge in [-0.15, -0.1) is 12.4 Å². The highest BCUT2D eigenvalue weighted by atomic mass is 35.5. The number of Topliss-reactive ketones (excluding diaryl/α,β-unsaturated/α-hetero) is 1. The summed E-state index contributed by atoms with van der Waals surface area (Å²) in [7, 11) is 1.63. The summed E-state index contributed by atoms with van der Waals surface area (Å²) in [5.74, 6) is -0.0711. The minimum atomic E-state index is -1.11. The molecular weight excluding hydrogens is 257 g/mol. The van der Waals surface area contributed by atoms with Crippen LogP contribution in [0.5, 0.6) is 0 Å². The summed E-state index contributed by atoms with van der Waals surface area (Å²) in [6.45, 7) is 0. The first-order valence-corrected chi connectivity index (χ1v) is 5.73. The van der Waals surface area contributed by atoms with Gasteiger partial charge in [0, 0.05) is 11.4 Å². The molecule has 1 aliphatic rings. The predicted molar refractivity (Wildman–Crippen MR) is 72.9 cm³/mol. The van der Waals surface area contributed by atoms with Crippen molar-refractivity contribution in [3.05, 3.63) is 34.8 Å². The van der Waals surface area contributed by atoms with Crippen molar-refractivity contribution in [3.8, 4) is 0 Å². The van der Waals surface area contributed by atoms with Gasteiger partial charge < -0.3 is 5.32 Å². The van der Waals surface area contributed by atoms with Gasteiger partial charge in [0.15, 0.2) is 5.78 Å². The molecule has 0 radical (unpaired) electrons. The van der Waals surface area contributed by atoms with E-state index < -0.39 is 5.54 Å². The van der Waals surface area contributed by atoms with Crippen LogP contribution in [0.3, 0.4) is 0 Å². The van der Waals surface area contributed by atoms with E-state index in [1.54, 1.807) is 7.05 Å². The smallest absolute Gasteiger partial charge is 0.157 e. The Kier molecular flexibility index (Phi) is 3.23. The molecule has 94 valence electrons. The van der Waals surface area contributed by atoms with Gasteiger partial charge in [0.2, 0.25) is 0 Å². The first-order valence-electron chi connectivity index (χ1n) is 7.35. The second-order valence-corrected chi connectivity index (χ2v) is 4.35. The molecule has 4 heteroatoms. The zero-order valence-corrected chi connectivity index (χ0v) is 11.1. The Balaban J connectivity index is 0.00000220. The van der Waals surface area contributed by atoms with Crippen LogP contribution in [-0.4, -0.2) is 12.8 Å². The second-order valence-electron chi connectivity index (χ2n) is 3.97. The van der Waals surface area contributed by atoms with Gasteiger partial charge in [0.05, 0.1) is 5.48 Å². The fourth-order valence-corrected chi connectivity index (χ4v) is 2.53. The minimum Gasteiger partial charge on any atom is -0.304 e. The molecule has 1 unspecified atom stereocenters. The molecule has 0 amide bonds. The Morgan fingerprint density at radius 2 is 2.12 bits per heavy atom. The number of benzene rings is 1. The Labute approximate surface area is 119 Å². The maximum Gasteiger partial charge on any atom is 0.157 e. The number of ketones is 1. The molecule has 1 atom stereocenters. The number of carbonyl (C=O) groups excluding carboxylic acids is 1. The summed E-state index contributed by atoms with van der Waals surface area (Å²) >= 11 is 6.14. The maximum absolute atomic E-state index is 12.4. The molecule has 17 heavy (non-hydrogen) atoms. The molecule has 2 rings (SSSR count). The first-order chi connectivity index (χ1) is 9.36. The molecule has 1 saturated carbocycles. The van der Waals surface area contributed by atoms with E-state index in [4.69, 9.17) is 17.1 Å². The monoisotopic (exact) mass is 277 g/mol. The molecule has 1 aromatic carbocycles. The number of rotatable bonds is 2. The third-order valence-corrected chi connectivity index (χ3v) is 3.46. The van der Waals surface area contributed by atoms with E-state index in [2.05, 4.69) is 5.32 Å². The largest absolute Gasteiger partial charge is 0.304 e. The van der Waals surface area contributed by atoms with Crippen LogP contribution in [0, 0.1) is 0 Å². The van der Waals surface area contributed by atoms with Crippen molar-refractivity contribution in [2.24, 2.45) is 0 Å². The Morgan fingerprint density at radius 3 is 2.76 bits per heavy atom. The molecule has 0 spiro atoms. The first kappa shape index (κ1) is 9.37. The lowest BCUT2D eigenvalue weighted by Gasteiger charge is -2.36. The zero-order valence-electron chi connectivity index (χ0n) is 13.5. The van der Waals surface area contributed by atoms with Crippen molar-refractivity contribution in [3.63, 3.8) is 0 Å². The molecule has 0 aromatic heterocycles. The van der Waals surface area contributed by atoms with Crippen LogP contribution >= 0.6 is 24.0 Å². The van der Waals surface area contributed by atoms with E-state index in [1.807, 2.05) is 0 Å². The van der Waals surface area contributed by atoms with E-state index in [0.717, 1.165) is 12.8 Å². The van der Waals surface area contributed by atoms with Crippen LogP contribution in [0.2, 0.25) is 5.02 Å². The molecule has 0 heterocycles. The Morgan fingerprint density at radius 1 is 1.41 bits per heavy atom. The molecule has 1 aliphatic carbocycles. The number of hydrogen-bond donors (Lipinski definition) is 1. The second kappa shape index (κ2) is 5.85. The summed E-state index contributed by atoms with van der Waals surface area (Å²) in [4.78, 5) is 12.4. The van der Waals surface area contributed by atoms with Crippen molar-refractivity contribution >= 4 is 29.8 Å². The molecule has 0 saturated heterocycles. The van der Waals surface area contributed by atoms with Crippen LogP contribution in [0.15, 0.2) is 24.2 Å². The topological polar surface area (TPSA) is 29.1 Å². The van der Waals surface area contributed by atoms with Gasteiger partial charge in [-0.25, -0.2) is 0 Å². The highest BCUT2D eigenvalue weighted by Crippen LogP contribution is 2.37. The van der Waals surface area contributed by atoms with E-state index in [9.17, 15) is 4.79 Å². The lowest BCUT2D eigenvalue weighted by Crippen LogP contribution is -2.49. The summed E-state index contributed by atoms with van der Waals surface area (Å²) in [6.07, 6.45) is 2.49. The van der Waals surface area contributed by atoms with Crippen molar-refractivity contribution in [1.29, 1.82) is 0 Å². The number of carbonyl (C=O) groups is 1. The van der Waals surface area contributed by atoms with Crippen LogP contribution in [-0.2, 0) is 10.3 Å². The number of likely N-dealkylation sites (N-methyl/N-ethyl adjacent to an activating group) is 1. The van der Waals surface area contributed by atoms with E-state index in [1.165, 1.54) is 0 Å². The summed E-state index contributed by atoms with van der Waals surface area (Å²) in [6, 6.07) is -1.27. The molecule has 2 nitrogen and oxygen atoms in total. The summed E-state index contributed by atoms with van der Waals surface area (Å²) in [5, 5.41) is 2.89. The van der Waals surface area contributed by atoms with Crippen molar-refractivity contribution in [2.45, 2.75) is 31.2 Å². The molecular formula is C13H17Cl2NO. The van der Waals surface area contributed by atoms with Gasteiger partial charge in [0.25, 0.3) is 0 Å². The predicted octanol–water partition coefficient (Wildman–Crippen LogP) is 3.32. The fourth-order valence-electron chi connectivity index (χ4n) is 2.27. The van der Waals surface area contributed by atoms with Crippen molar-refractivity contribution in [2.75, 3.05) is 7.05 Å². The number of nitrogens with one attached hydrogen (secondary N) is 1. The summed E-state index contributed by atoms with van der Waals surface area (Å²) < 4.78 is 31.3. The van der Waals surface area contributed by atoms with Crippen LogP contribution < -0.4 is 5.32 Å². The van der Waals surface area contributed by atoms with Crippen LogP contribution in [0.1, 0.15) is 36.7 Å². The lowest BCUT2D eigenvalue weighted by atomic mass is 9.75. The lowest BCUT2D eigenvalue weighted by molar-refractivity contribution is -0.127. The maximum atomic E-state index is 12.4. The van der Waals surface area contributed by atoms with Gasteiger partial charge >= 0.3 is 0 Å². The summed E-state index contributed by atoms with van der Waals surface area (Å²) in [5.41, 5.74) is -0.927. The van der Waals surface area contributed by atoms with Gasteiger partial charge in [-0.2, -0.15) is 0 Å². The van der Waals surface area contributed by atoms with Gasteiger partial charge in [-0.3, -0.25) is 4.79 Å².